The molecule has 0 saturated carbocycles. The van der Waals surface area contributed by atoms with Gasteiger partial charge in [-0.05, 0) is 31.2 Å². The summed E-state index contributed by atoms with van der Waals surface area (Å²) in [6.07, 6.45) is 1.34. The number of thioether (sulfide) groups is 1. The second-order valence-electron chi connectivity index (χ2n) is 6.99. The lowest BCUT2D eigenvalue weighted by Crippen LogP contribution is -2.33. The van der Waals surface area contributed by atoms with Crippen LogP contribution in [0, 0.1) is 6.92 Å². The van der Waals surface area contributed by atoms with E-state index in [1.165, 1.54) is 30.2 Å². The number of aryl methyl sites for hydroxylation is 1. The number of methoxy groups -OCH3 is 1. The molecule has 1 saturated heterocycles. The molecule has 0 aliphatic carbocycles. The third-order valence-electron chi connectivity index (χ3n) is 4.57. The third-order valence-corrected chi connectivity index (χ3v) is 7.15. The predicted molar refractivity (Wildman–Crippen MR) is 125 cm³/mol. The second-order valence-corrected chi connectivity index (χ2v) is 9.76. The number of sulfonamides is 1. The van der Waals surface area contributed by atoms with Crippen molar-refractivity contribution in [1.82, 2.24) is 4.90 Å². The fourth-order valence-corrected chi connectivity index (χ4v) is 5.32. The van der Waals surface area contributed by atoms with Crippen molar-refractivity contribution in [3.63, 3.8) is 0 Å². The van der Waals surface area contributed by atoms with Crippen molar-refractivity contribution < 1.29 is 22.7 Å². The van der Waals surface area contributed by atoms with Gasteiger partial charge in [0.25, 0.3) is 10.0 Å². The van der Waals surface area contributed by atoms with Crippen LogP contribution in [-0.2, 0) is 19.6 Å². The van der Waals surface area contributed by atoms with Crippen molar-refractivity contribution in [3.8, 4) is 5.75 Å². The molecule has 32 heavy (non-hydrogen) atoms. The molecule has 1 unspecified atom stereocenters. The summed E-state index contributed by atoms with van der Waals surface area (Å²) in [5.74, 6) is -0.194. The smallest absolute Gasteiger partial charge is 0.284 e. The summed E-state index contributed by atoms with van der Waals surface area (Å²) in [5.41, 5.74) is 1.45. The van der Waals surface area contributed by atoms with Gasteiger partial charge in [0.2, 0.25) is 11.8 Å². The van der Waals surface area contributed by atoms with Crippen LogP contribution < -0.4 is 10.1 Å². The standard InChI is InChI=1S/C22H23N3O5S2/c1-4-12-25-21(27)19(14-20(26)23-16-6-5-7-17(13-16)30-3)31-22(25)24-32(28,29)18-10-8-15(2)9-11-18/h4-11,13,19H,1,12,14H2,2-3H3,(H,23,26). The molecule has 0 aromatic heterocycles. The van der Waals surface area contributed by atoms with Crippen LogP contribution in [-0.4, -0.2) is 49.2 Å². The highest BCUT2D eigenvalue weighted by atomic mass is 32.2. The number of amidine groups is 1. The predicted octanol–water partition coefficient (Wildman–Crippen LogP) is 3.21. The minimum absolute atomic E-state index is 0.0228. The zero-order valence-corrected chi connectivity index (χ0v) is 19.3. The summed E-state index contributed by atoms with van der Waals surface area (Å²) in [4.78, 5) is 26.6. The Hall–Kier alpha value is -3.11. The second kappa shape index (κ2) is 10.0. The highest BCUT2D eigenvalue weighted by Crippen LogP contribution is 2.31. The van der Waals surface area contributed by atoms with Gasteiger partial charge in [-0.15, -0.1) is 11.0 Å². The molecular weight excluding hydrogens is 450 g/mol. The van der Waals surface area contributed by atoms with Gasteiger partial charge in [0, 0.05) is 24.7 Å². The van der Waals surface area contributed by atoms with Gasteiger partial charge < -0.3 is 10.1 Å². The number of hydrogen-bond donors (Lipinski definition) is 1. The van der Waals surface area contributed by atoms with Crippen LogP contribution in [0.25, 0.3) is 0 Å². The lowest BCUT2D eigenvalue weighted by molar-refractivity contribution is -0.127. The van der Waals surface area contributed by atoms with E-state index >= 15 is 0 Å². The van der Waals surface area contributed by atoms with Gasteiger partial charge in [0.1, 0.15) is 11.0 Å². The lowest BCUT2D eigenvalue weighted by Gasteiger charge is -2.13. The first-order chi connectivity index (χ1) is 15.2. The number of anilines is 1. The molecule has 3 rings (SSSR count). The fraction of sp³-hybridized carbons (Fsp3) is 0.227. The molecule has 1 fully saturated rings. The van der Waals surface area contributed by atoms with Crippen LogP contribution in [0.2, 0.25) is 0 Å². The molecule has 8 nitrogen and oxygen atoms in total. The van der Waals surface area contributed by atoms with Gasteiger partial charge in [-0.3, -0.25) is 14.5 Å². The van der Waals surface area contributed by atoms with Gasteiger partial charge >= 0.3 is 0 Å². The molecule has 10 heteroatoms. The number of nitrogens with zero attached hydrogens (tertiary/aromatic N) is 2. The van der Waals surface area contributed by atoms with Gasteiger partial charge in [-0.25, -0.2) is 0 Å². The van der Waals surface area contributed by atoms with Crippen LogP contribution in [0.5, 0.6) is 5.75 Å². The molecule has 2 amide bonds. The highest BCUT2D eigenvalue weighted by Gasteiger charge is 2.39. The molecule has 1 atom stereocenters. The van der Waals surface area contributed by atoms with E-state index in [1.54, 1.807) is 36.4 Å². The number of amides is 2. The molecule has 1 heterocycles. The molecule has 0 bridgehead atoms. The third kappa shape index (κ3) is 5.57. The van der Waals surface area contributed by atoms with Crippen molar-refractivity contribution in [2.45, 2.75) is 23.5 Å². The summed E-state index contributed by atoms with van der Waals surface area (Å²) >= 11 is 0.952. The number of hydrogen-bond acceptors (Lipinski definition) is 6. The first-order valence-corrected chi connectivity index (χ1v) is 12.0. The summed E-state index contributed by atoms with van der Waals surface area (Å²) in [5, 5.41) is 1.95. The lowest BCUT2D eigenvalue weighted by atomic mass is 10.2. The van der Waals surface area contributed by atoms with Crippen LogP contribution in [0.15, 0.2) is 70.5 Å². The molecule has 0 spiro atoms. The SMILES string of the molecule is C=CCN1C(=O)C(CC(=O)Nc2cccc(OC)c2)SC1=NS(=O)(=O)c1ccc(C)cc1. The van der Waals surface area contributed by atoms with Crippen LogP contribution in [0.1, 0.15) is 12.0 Å². The van der Waals surface area contributed by atoms with Crippen molar-refractivity contribution in [1.29, 1.82) is 0 Å². The number of ether oxygens (including phenoxy) is 1. The van der Waals surface area contributed by atoms with Crippen molar-refractivity contribution in [2.75, 3.05) is 19.0 Å². The van der Waals surface area contributed by atoms with Gasteiger partial charge in [-0.2, -0.15) is 8.42 Å². The average Bonchev–Trinajstić information content (AvgIpc) is 3.02. The Kier molecular flexibility index (Phi) is 7.37. The minimum atomic E-state index is -4.02. The largest absolute Gasteiger partial charge is 0.497 e. The van der Waals surface area contributed by atoms with E-state index in [9.17, 15) is 18.0 Å². The number of carbonyl (C=O) groups is 2. The zero-order valence-electron chi connectivity index (χ0n) is 17.6. The summed E-state index contributed by atoms with van der Waals surface area (Å²) in [6, 6.07) is 13.1. The Morgan fingerprint density at radius 2 is 2.00 bits per heavy atom. The Morgan fingerprint density at radius 3 is 2.66 bits per heavy atom. The van der Waals surface area contributed by atoms with Gasteiger partial charge in [-0.1, -0.05) is 41.6 Å². The number of nitrogens with one attached hydrogen (secondary N) is 1. The van der Waals surface area contributed by atoms with Gasteiger partial charge in [0.15, 0.2) is 5.17 Å². The van der Waals surface area contributed by atoms with E-state index in [1.807, 2.05) is 6.92 Å². The Bertz CT molecular complexity index is 1160. The fourth-order valence-electron chi connectivity index (χ4n) is 2.95. The van der Waals surface area contributed by atoms with E-state index in [4.69, 9.17) is 4.74 Å². The molecule has 2 aromatic rings. The molecule has 1 aliphatic heterocycles. The van der Waals surface area contributed by atoms with Crippen LogP contribution >= 0.6 is 11.8 Å². The van der Waals surface area contributed by atoms with E-state index in [0.717, 1.165) is 17.3 Å². The molecule has 0 radical (unpaired) electrons. The van der Waals surface area contributed by atoms with Crippen LogP contribution in [0.4, 0.5) is 5.69 Å². The quantitative estimate of drug-likeness (QED) is 0.591. The van der Waals surface area contributed by atoms with Crippen molar-refractivity contribution in [3.05, 3.63) is 66.7 Å². The average molecular weight is 474 g/mol. The maximum Gasteiger partial charge on any atom is 0.284 e. The molecule has 1 N–H and O–H groups in total. The monoisotopic (exact) mass is 473 g/mol. The van der Waals surface area contributed by atoms with E-state index in [2.05, 4.69) is 16.3 Å². The molecular formula is C22H23N3O5S2. The Balaban J connectivity index is 1.78. The highest BCUT2D eigenvalue weighted by molar-refractivity contribution is 8.16. The van der Waals surface area contributed by atoms with E-state index < -0.39 is 21.2 Å². The maximum atomic E-state index is 12.8. The molecule has 1 aliphatic rings. The summed E-state index contributed by atoms with van der Waals surface area (Å²) in [7, 11) is -2.50. The Morgan fingerprint density at radius 1 is 1.28 bits per heavy atom. The van der Waals surface area contributed by atoms with Crippen molar-refractivity contribution >= 4 is 44.5 Å². The minimum Gasteiger partial charge on any atom is -0.497 e. The first-order valence-electron chi connectivity index (χ1n) is 9.68. The number of rotatable bonds is 8. The maximum absolute atomic E-state index is 12.8. The van der Waals surface area contributed by atoms with Gasteiger partial charge in [0.05, 0.1) is 12.0 Å². The number of benzene rings is 2. The molecule has 168 valence electrons. The van der Waals surface area contributed by atoms with Crippen LogP contribution in [0.3, 0.4) is 0 Å². The molecule has 2 aromatic carbocycles. The number of carbonyl (C=O) groups excluding carboxylic acids is 2. The summed E-state index contributed by atoms with van der Waals surface area (Å²) < 4.78 is 34.5. The summed E-state index contributed by atoms with van der Waals surface area (Å²) in [6.45, 7) is 5.55. The topological polar surface area (TPSA) is 105 Å². The zero-order chi connectivity index (χ0) is 23.3. The Labute approximate surface area is 191 Å². The van der Waals surface area contributed by atoms with E-state index in [-0.39, 0.29) is 28.9 Å². The van der Waals surface area contributed by atoms with Crippen molar-refractivity contribution in [2.24, 2.45) is 4.40 Å². The first kappa shape index (κ1) is 23.6. The normalized spacial score (nSPS) is 17.4. The van der Waals surface area contributed by atoms with E-state index in [0.29, 0.717) is 11.4 Å².